The van der Waals surface area contributed by atoms with E-state index in [1.54, 1.807) is 14.2 Å². The maximum atomic E-state index is 9.90. The second-order valence-electron chi connectivity index (χ2n) is 10.5. The molecule has 39 heavy (non-hydrogen) atoms. The molecule has 3 aromatic rings. The van der Waals surface area contributed by atoms with E-state index in [1.807, 2.05) is 12.1 Å². The third-order valence-corrected chi connectivity index (χ3v) is 7.74. The van der Waals surface area contributed by atoms with Crippen LogP contribution in [0.15, 0.2) is 60.7 Å². The number of methoxy groups -OCH3 is 2. The van der Waals surface area contributed by atoms with E-state index < -0.39 is 0 Å². The van der Waals surface area contributed by atoms with Crippen molar-refractivity contribution in [2.75, 3.05) is 59.0 Å². The standard InChI is InChI=1S/C33H44N2O4/c1-5-35(24-25-7-13-30(14-8-25)39-20-18-34(2)17-6-19-37-3)33-23-31(38-4)15-16-32(33)28-10-9-27-22-29(36)12-11-26(27)21-28/h7-8,11-16,22-23,28,36H,5-6,9-10,17-21,24H2,1-4H3/t28-/m1/s1. The molecule has 0 fully saturated rings. The molecule has 0 bridgehead atoms. The Morgan fingerprint density at radius 3 is 2.44 bits per heavy atom. The second-order valence-corrected chi connectivity index (χ2v) is 10.5. The van der Waals surface area contributed by atoms with E-state index in [0.717, 1.165) is 70.0 Å². The van der Waals surface area contributed by atoms with E-state index >= 15 is 0 Å². The van der Waals surface area contributed by atoms with Crippen LogP contribution in [0.1, 0.15) is 47.9 Å². The largest absolute Gasteiger partial charge is 0.508 e. The first kappa shape index (κ1) is 28.8. The minimum absolute atomic E-state index is 0.358. The molecule has 0 saturated carbocycles. The number of nitrogens with zero attached hydrogens (tertiary/aromatic N) is 2. The molecule has 6 heteroatoms. The van der Waals surface area contributed by atoms with Gasteiger partial charge in [0.1, 0.15) is 23.9 Å². The summed E-state index contributed by atoms with van der Waals surface area (Å²) in [4.78, 5) is 4.71. The molecule has 0 unspecified atom stereocenters. The molecule has 1 atom stereocenters. The van der Waals surface area contributed by atoms with Gasteiger partial charge >= 0.3 is 0 Å². The minimum atomic E-state index is 0.358. The normalized spacial score (nSPS) is 14.7. The molecule has 0 amide bonds. The van der Waals surface area contributed by atoms with Crippen LogP contribution >= 0.6 is 0 Å². The van der Waals surface area contributed by atoms with Crippen molar-refractivity contribution in [3.8, 4) is 17.2 Å². The quantitative estimate of drug-likeness (QED) is 0.255. The summed E-state index contributed by atoms with van der Waals surface area (Å²) in [5, 5.41) is 9.90. The van der Waals surface area contributed by atoms with Gasteiger partial charge in [-0.25, -0.2) is 0 Å². The summed E-state index contributed by atoms with van der Waals surface area (Å²) < 4.78 is 16.8. The summed E-state index contributed by atoms with van der Waals surface area (Å²) >= 11 is 0. The zero-order valence-electron chi connectivity index (χ0n) is 24.0. The maximum absolute atomic E-state index is 9.90. The Morgan fingerprint density at radius 2 is 1.69 bits per heavy atom. The van der Waals surface area contributed by atoms with Crippen LogP contribution in [0.4, 0.5) is 5.69 Å². The van der Waals surface area contributed by atoms with Gasteiger partial charge in [0.25, 0.3) is 0 Å². The van der Waals surface area contributed by atoms with Crippen molar-refractivity contribution in [1.29, 1.82) is 0 Å². The van der Waals surface area contributed by atoms with Gasteiger partial charge in [-0.1, -0.05) is 24.3 Å². The average molecular weight is 533 g/mol. The Balaban J connectivity index is 1.42. The Hall–Kier alpha value is -3.22. The third kappa shape index (κ3) is 7.90. The summed E-state index contributed by atoms with van der Waals surface area (Å²) in [6, 6.07) is 20.8. The van der Waals surface area contributed by atoms with Crippen LogP contribution in [-0.2, 0) is 24.1 Å². The lowest BCUT2D eigenvalue weighted by Gasteiger charge is -2.32. The fraction of sp³-hybridized carbons (Fsp3) is 0.455. The Labute approximate surface area is 234 Å². The number of phenolic OH excluding ortho intramolecular Hbond substituents is 1. The maximum Gasteiger partial charge on any atom is 0.120 e. The van der Waals surface area contributed by atoms with Gasteiger partial charge in [0, 0.05) is 51.6 Å². The van der Waals surface area contributed by atoms with Crippen molar-refractivity contribution in [3.05, 3.63) is 82.9 Å². The number of phenols is 1. The molecular formula is C33H44N2O4. The third-order valence-electron chi connectivity index (χ3n) is 7.74. The molecule has 1 N–H and O–H groups in total. The number of anilines is 1. The van der Waals surface area contributed by atoms with Crippen molar-refractivity contribution in [1.82, 2.24) is 4.90 Å². The van der Waals surface area contributed by atoms with Gasteiger partial charge < -0.3 is 29.1 Å². The average Bonchev–Trinajstić information content (AvgIpc) is 2.96. The van der Waals surface area contributed by atoms with Gasteiger partial charge in [-0.2, -0.15) is 0 Å². The molecule has 1 aliphatic carbocycles. The number of fused-ring (bicyclic) bond motifs is 1. The van der Waals surface area contributed by atoms with E-state index in [9.17, 15) is 5.11 Å². The SMILES string of the molecule is CCN(Cc1ccc(OCCN(C)CCCOC)cc1)c1cc(OC)ccc1[C@@H]1CCc2cc(O)ccc2C1. The van der Waals surface area contributed by atoms with Crippen LogP contribution in [0.25, 0.3) is 0 Å². The molecule has 0 spiro atoms. The summed E-state index contributed by atoms with van der Waals surface area (Å²) in [5.41, 5.74) is 6.46. The summed E-state index contributed by atoms with van der Waals surface area (Å²) in [5.74, 6) is 2.57. The van der Waals surface area contributed by atoms with Gasteiger partial charge in [-0.05, 0) is 98.2 Å². The Morgan fingerprint density at radius 1 is 0.897 bits per heavy atom. The highest BCUT2D eigenvalue weighted by Crippen LogP contribution is 2.40. The fourth-order valence-corrected chi connectivity index (χ4v) is 5.47. The van der Waals surface area contributed by atoms with Crippen molar-refractivity contribution >= 4 is 5.69 Å². The van der Waals surface area contributed by atoms with Crippen LogP contribution < -0.4 is 14.4 Å². The van der Waals surface area contributed by atoms with Gasteiger partial charge in [0.15, 0.2) is 0 Å². The van der Waals surface area contributed by atoms with Crippen molar-refractivity contribution in [2.45, 2.75) is 45.1 Å². The van der Waals surface area contributed by atoms with Gasteiger partial charge in [0.2, 0.25) is 0 Å². The van der Waals surface area contributed by atoms with Crippen molar-refractivity contribution < 1.29 is 19.3 Å². The highest BCUT2D eigenvalue weighted by Gasteiger charge is 2.24. The first-order chi connectivity index (χ1) is 19.0. The lowest BCUT2D eigenvalue weighted by atomic mass is 9.79. The van der Waals surface area contributed by atoms with Crippen LogP contribution in [0.2, 0.25) is 0 Å². The van der Waals surface area contributed by atoms with Crippen LogP contribution in [0, 0.1) is 0 Å². The highest BCUT2D eigenvalue weighted by atomic mass is 16.5. The van der Waals surface area contributed by atoms with E-state index in [4.69, 9.17) is 14.2 Å². The predicted octanol–water partition coefficient (Wildman–Crippen LogP) is 6.05. The van der Waals surface area contributed by atoms with Crippen LogP contribution in [0.3, 0.4) is 0 Å². The summed E-state index contributed by atoms with van der Waals surface area (Å²) in [6.45, 7) is 7.27. The number of benzene rings is 3. The fourth-order valence-electron chi connectivity index (χ4n) is 5.47. The van der Waals surface area contributed by atoms with Crippen LogP contribution in [0.5, 0.6) is 17.2 Å². The van der Waals surface area contributed by atoms with Crippen LogP contribution in [-0.4, -0.2) is 64.1 Å². The van der Waals surface area contributed by atoms with Gasteiger partial charge in [0.05, 0.1) is 7.11 Å². The Kier molecular flexibility index (Phi) is 10.5. The summed E-state index contributed by atoms with van der Waals surface area (Å²) in [6.07, 6.45) is 4.07. The molecule has 0 radical (unpaired) electrons. The first-order valence-corrected chi connectivity index (χ1v) is 14.1. The number of rotatable bonds is 14. The van der Waals surface area contributed by atoms with Crippen molar-refractivity contribution in [2.24, 2.45) is 0 Å². The number of hydrogen-bond donors (Lipinski definition) is 1. The van der Waals surface area contributed by atoms with E-state index in [1.165, 1.54) is 27.9 Å². The molecule has 210 valence electrons. The lowest BCUT2D eigenvalue weighted by Crippen LogP contribution is -2.26. The van der Waals surface area contributed by atoms with Crippen molar-refractivity contribution in [3.63, 3.8) is 0 Å². The van der Waals surface area contributed by atoms with Gasteiger partial charge in [-0.3, -0.25) is 0 Å². The number of hydrogen-bond acceptors (Lipinski definition) is 6. The second kappa shape index (κ2) is 14.2. The number of ether oxygens (including phenoxy) is 3. The number of likely N-dealkylation sites (N-methyl/N-ethyl adjacent to an activating group) is 1. The van der Waals surface area contributed by atoms with E-state index in [2.05, 4.69) is 72.3 Å². The Bertz CT molecular complexity index is 1180. The van der Waals surface area contributed by atoms with E-state index in [-0.39, 0.29) is 0 Å². The highest BCUT2D eigenvalue weighted by molar-refractivity contribution is 5.60. The topological polar surface area (TPSA) is 54.4 Å². The van der Waals surface area contributed by atoms with E-state index in [0.29, 0.717) is 18.3 Å². The molecule has 0 aliphatic heterocycles. The zero-order valence-corrected chi connectivity index (χ0v) is 24.0. The monoisotopic (exact) mass is 532 g/mol. The smallest absolute Gasteiger partial charge is 0.120 e. The molecule has 0 heterocycles. The molecule has 0 aromatic heterocycles. The minimum Gasteiger partial charge on any atom is -0.508 e. The number of aryl methyl sites for hydroxylation is 1. The summed E-state index contributed by atoms with van der Waals surface area (Å²) in [7, 11) is 5.59. The molecule has 3 aromatic carbocycles. The molecule has 6 nitrogen and oxygen atoms in total. The molecule has 4 rings (SSSR count). The lowest BCUT2D eigenvalue weighted by molar-refractivity contribution is 0.172. The van der Waals surface area contributed by atoms with Gasteiger partial charge in [-0.15, -0.1) is 0 Å². The first-order valence-electron chi connectivity index (χ1n) is 14.1. The predicted molar refractivity (Wildman–Crippen MR) is 159 cm³/mol. The number of aromatic hydroxyl groups is 1. The molecular weight excluding hydrogens is 488 g/mol. The molecule has 0 saturated heterocycles. The molecule has 1 aliphatic rings. The zero-order chi connectivity index (χ0) is 27.6.